The number of benzene rings is 1. The summed E-state index contributed by atoms with van der Waals surface area (Å²) in [7, 11) is -3.45. The lowest BCUT2D eigenvalue weighted by atomic mass is 10.1. The van der Waals surface area contributed by atoms with Gasteiger partial charge in [-0.15, -0.1) is 4.40 Å². The zero-order chi connectivity index (χ0) is 23.6. The molecule has 170 valence electrons. The van der Waals surface area contributed by atoms with Gasteiger partial charge < -0.3 is 16.0 Å². The number of aryl methyl sites for hydroxylation is 1. The standard InChI is InChI=1S/C21H20FN7O3S/c22-15-4-6-16(7-5-15)29-20(24)17(12-23)18(26-29)2-1-9-25-21(30)14-3-8-19-27-33(31,32)11-10-28(19)13-14/h3-8,13H,1-2,9-11,24H2,(H,25,30). The highest BCUT2D eigenvalue weighted by Crippen LogP contribution is 2.22. The van der Waals surface area contributed by atoms with E-state index in [0.717, 1.165) is 0 Å². The van der Waals surface area contributed by atoms with Gasteiger partial charge in [0, 0.05) is 19.3 Å². The SMILES string of the molecule is N#Cc1c(CCCNC(=O)C2=CN3CCS(=O)(=O)N=C3C=C2)nn(-c2ccc(F)cc2)c1N. The fourth-order valence-corrected chi connectivity index (χ4v) is 4.42. The molecule has 3 N–H and O–H groups in total. The molecule has 1 aromatic heterocycles. The third kappa shape index (κ3) is 4.78. The monoisotopic (exact) mass is 469 g/mol. The summed E-state index contributed by atoms with van der Waals surface area (Å²) in [4.78, 5) is 14.1. The highest BCUT2D eigenvalue weighted by Gasteiger charge is 2.25. The Morgan fingerprint density at radius 1 is 1.27 bits per heavy atom. The van der Waals surface area contributed by atoms with E-state index >= 15 is 0 Å². The first-order chi connectivity index (χ1) is 15.8. The molecular formula is C21H20FN7O3S. The largest absolute Gasteiger partial charge is 0.382 e. The summed E-state index contributed by atoms with van der Waals surface area (Å²) >= 11 is 0. The number of nitriles is 1. The van der Waals surface area contributed by atoms with Crippen molar-refractivity contribution in [3.63, 3.8) is 0 Å². The molecule has 0 bridgehead atoms. The van der Waals surface area contributed by atoms with Gasteiger partial charge in [-0.05, 0) is 49.3 Å². The van der Waals surface area contributed by atoms with Crippen LogP contribution in [0.15, 0.2) is 52.6 Å². The Balaban J connectivity index is 1.36. The molecule has 0 fully saturated rings. The molecule has 3 heterocycles. The number of hydrogen-bond donors (Lipinski definition) is 2. The molecule has 4 rings (SSSR count). The van der Waals surface area contributed by atoms with Crippen molar-refractivity contribution < 1.29 is 17.6 Å². The van der Waals surface area contributed by atoms with Gasteiger partial charge in [-0.25, -0.2) is 17.5 Å². The normalized spacial score (nSPS) is 16.4. The Morgan fingerprint density at radius 3 is 2.76 bits per heavy atom. The second-order valence-electron chi connectivity index (χ2n) is 7.41. The molecule has 2 aliphatic rings. The lowest BCUT2D eigenvalue weighted by Crippen LogP contribution is -2.38. The Labute approximate surface area is 189 Å². The van der Waals surface area contributed by atoms with Crippen LogP contribution in [0, 0.1) is 17.1 Å². The lowest BCUT2D eigenvalue weighted by Gasteiger charge is -2.26. The molecule has 0 saturated heterocycles. The molecule has 0 aliphatic carbocycles. The van der Waals surface area contributed by atoms with Gasteiger partial charge in [0.05, 0.1) is 22.7 Å². The minimum absolute atomic E-state index is 0.106. The molecule has 10 nitrogen and oxygen atoms in total. The lowest BCUT2D eigenvalue weighted by molar-refractivity contribution is -0.117. The molecule has 0 saturated carbocycles. The minimum atomic E-state index is -3.45. The summed E-state index contributed by atoms with van der Waals surface area (Å²) in [6.07, 6.45) is 5.49. The predicted octanol–water partition coefficient (Wildman–Crippen LogP) is 1.01. The second kappa shape index (κ2) is 8.87. The minimum Gasteiger partial charge on any atom is -0.382 e. The van der Waals surface area contributed by atoms with Crippen molar-refractivity contribution in [2.45, 2.75) is 12.8 Å². The van der Waals surface area contributed by atoms with Crippen LogP contribution in [0.2, 0.25) is 0 Å². The van der Waals surface area contributed by atoms with Gasteiger partial charge in [0.25, 0.3) is 15.9 Å². The summed E-state index contributed by atoms with van der Waals surface area (Å²) < 4.78 is 41.4. The number of anilines is 1. The third-order valence-corrected chi connectivity index (χ3v) is 6.30. The van der Waals surface area contributed by atoms with Gasteiger partial charge in [0.15, 0.2) is 0 Å². The van der Waals surface area contributed by atoms with Crippen LogP contribution in [0.4, 0.5) is 10.2 Å². The average molecular weight is 470 g/mol. The molecular weight excluding hydrogens is 449 g/mol. The quantitative estimate of drug-likeness (QED) is 0.600. The number of sulfonamides is 1. The van der Waals surface area contributed by atoms with Crippen molar-refractivity contribution in [1.82, 2.24) is 20.0 Å². The fourth-order valence-electron chi connectivity index (χ4n) is 3.45. The summed E-state index contributed by atoms with van der Waals surface area (Å²) in [6, 6.07) is 7.65. The number of nitrogens with two attached hydrogens (primary N) is 1. The van der Waals surface area contributed by atoms with Crippen LogP contribution in [0.1, 0.15) is 17.7 Å². The first-order valence-electron chi connectivity index (χ1n) is 10.1. The number of rotatable bonds is 6. The van der Waals surface area contributed by atoms with Crippen molar-refractivity contribution in [2.75, 3.05) is 24.6 Å². The molecule has 33 heavy (non-hydrogen) atoms. The van der Waals surface area contributed by atoms with Crippen molar-refractivity contribution in [2.24, 2.45) is 4.40 Å². The van der Waals surface area contributed by atoms with Crippen LogP contribution in [0.25, 0.3) is 5.69 Å². The van der Waals surface area contributed by atoms with E-state index in [1.54, 1.807) is 11.1 Å². The maximum atomic E-state index is 13.2. The van der Waals surface area contributed by atoms with E-state index in [4.69, 9.17) is 5.73 Å². The van der Waals surface area contributed by atoms with E-state index in [1.807, 2.05) is 0 Å². The number of halogens is 1. The van der Waals surface area contributed by atoms with E-state index in [9.17, 15) is 22.9 Å². The number of amidine groups is 1. The zero-order valence-corrected chi connectivity index (χ0v) is 18.2. The summed E-state index contributed by atoms with van der Waals surface area (Å²) in [6.45, 7) is 0.560. The molecule has 0 atom stereocenters. The van der Waals surface area contributed by atoms with Crippen molar-refractivity contribution in [3.8, 4) is 11.8 Å². The molecule has 1 aromatic carbocycles. The number of carbonyl (C=O) groups excluding carboxylic acids is 1. The first-order valence-corrected chi connectivity index (χ1v) is 11.7. The van der Waals surface area contributed by atoms with Crippen LogP contribution in [0.3, 0.4) is 0 Å². The molecule has 0 spiro atoms. The Hall–Kier alpha value is -3.98. The molecule has 2 aliphatic heterocycles. The van der Waals surface area contributed by atoms with Gasteiger partial charge in [-0.1, -0.05) is 0 Å². The number of carbonyl (C=O) groups is 1. The Morgan fingerprint density at radius 2 is 2.03 bits per heavy atom. The Kier molecular flexibility index (Phi) is 5.97. The molecule has 0 unspecified atom stereocenters. The number of nitrogens with zero attached hydrogens (tertiary/aromatic N) is 5. The van der Waals surface area contributed by atoms with Gasteiger partial charge in [0.2, 0.25) is 0 Å². The van der Waals surface area contributed by atoms with Crippen molar-refractivity contribution in [3.05, 3.63) is 65.3 Å². The van der Waals surface area contributed by atoms with E-state index in [1.165, 1.54) is 41.1 Å². The van der Waals surface area contributed by atoms with E-state index in [-0.39, 0.29) is 35.4 Å². The number of nitrogen functional groups attached to an aromatic ring is 1. The molecule has 0 radical (unpaired) electrons. The van der Waals surface area contributed by atoms with Gasteiger partial charge >= 0.3 is 0 Å². The number of hydrogen-bond acceptors (Lipinski definition) is 7. The maximum absolute atomic E-state index is 13.2. The predicted molar refractivity (Wildman–Crippen MR) is 119 cm³/mol. The highest BCUT2D eigenvalue weighted by molar-refractivity contribution is 7.90. The van der Waals surface area contributed by atoms with Crippen molar-refractivity contribution in [1.29, 1.82) is 5.26 Å². The van der Waals surface area contributed by atoms with Crippen molar-refractivity contribution >= 4 is 27.6 Å². The van der Waals surface area contributed by atoms with E-state index < -0.39 is 15.8 Å². The topological polar surface area (TPSA) is 146 Å². The molecule has 2 aromatic rings. The Bertz CT molecular complexity index is 1340. The smallest absolute Gasteiger partial charge is 0.256 e. The van der Waals surface area contributed by atoms with E-state index in [0.29, 0.717) is 36.3 Å². The maximum Gasteiger partial charge on any atom is 0.256 e. The first kappa shape index (κ1) is 22.2. The number of aromatic nitrogens is 2. The zero-order valence-electron chi connectivity index (χ0n) is 17.4. The number of fused-ring (bicyclic) bond motifs is 1. The van der Waals surface area contributed by atoms with Crippen LogP contribution in [-0.4, -0.2) is 53.7 Å². The molecule has 12 heteroatoms. The van der Waals surface area contributed by atoms with Gasteiger partial charge in [0.1, 0.15) is 29.1 Å². The van der Waals surface area contributed by atoms with Crippen LogP contribution >= 0.6 is 0 Å². The average Bonchev–Trinajstić information content (AvgIpc) is 3.11. The number of nitrogens with one attached hydrogen (secondary N) is 1. The summed E-state index contributed by atoms with van der Waals surface area (Å²) in [5, 5.41) is 16.6. The fraction of sp³-hybridized carbons (Fsp3) is 0.238. The van der Waals surface area contributed by atoms with Crippen LogP contribution in [-0.2, 0) is 21.2 Å². The summed E-state index contributed by atoms with van der Waals surface area (Å²) in [5.74, 6) is -0.351. The van der Waals surface area contributed by atoms with E-state index in [2.05, 4.69) is 20.9 Å². The highest BCUT2D eigenvalue weighted by atomic mass is 32.2. The van der Waals surface area contributed by atoms with Crippen LogP contribution in [0.5, 0.6) is 0 Å². The molecule has 1 amide bonds. The third-order valence-electron chi connectivity index (χ3n) is 5.14. The second-order valence-corrected chi connectivity index (χ2v) is 9.17. The van der Waals surface area contributed by atoms with Crippen LogP contribution < -0.4 is 11.1 Å². The van der Waals surface area contributed by atoms with Gasteiger partial charge in [-0.3, -0.25) is 4.79 Å². The van der Waals surface area contributed by atoms with Gasteiger partial charge in [-0.2, -0.15) is 10.4 Å². The summed E-state index contributed by atoms with van der Waals surface area (Å²) in [5.41, 5.74) is 7.71. The number of amides is 1.